The first-order valence-electron chi connectivity index (χ1n) is 11.1. The second-order valence-electron chi connectivity index (χ2n) is 7.44. The normalized spacial score (nSPS) is 12.3. The summed E-state index contributed by atoms with van der Waals surface area (Å²) in [6.07, 6.45) is 8.46. The van der Waals surface area contributed by atoms with Gasteiger partial charge in [0, 0.05) is 35.5 Å². The molecule has 0 aliphatic rings. The number of anilines is 1. The molecule has 0 amide bonds. The zero-order valence-corrected chi connectivity index (χ0v) is 20.9. The molecule has 2 aromatic heterocycles. The van der Waals surface area contributed by atoms with Crippen molar-refractivity contribution < 1.29 is 4.39 Å². The van der Waals surface area contributed by atoms with Gasteiger partial charge >= 0.3 is 0 Å². The predicted octanol–water partition coefficient (Wildman–Crippen LogP) is 6.54. The van der Waals surface area contributed by atoms with Crippen LogP contribution < -0.4 is 4.72 Å². The molecule has 3 rings (SSSR count). The van der Waals surface area contributed by atoms with E-state index in [-0.39, 0.29) is 17.0 Å². The first-order valence-corrected chi connectivity index (χ1v) is 12.0. The van der Waals surface area contributed by atoms with Crippen molar-refractivity contribution in [3.8, 4) is 5.69 Å². The third-order valence-electron chi connectivity index (χ3n) is 4.77. The number of para-hydroxylation sites is 1. The summed E-state index contributed by atoms with van der Waals surface area (Å²) in [6, 6.07) is 4.92. The Morgan fingerprint density at radius 1 is 1.15 bits per heavy atom. The number of nitrogens with zero attached hydrogens (tertiary/aromatic N) is 5. The molecule has 1 N–H and O–H groups in total. The number of rotatable bonds is 10. The number of hydrogen-bond acceptors (Lipinski definition) is 6. The molecule has 1 aromatic carbocycles. The molecule has 0 bridgehead atoms. The maximum absolute atomic E-state index is 14.9. The van der Waals surface area contributed by atoms with Crippen molar-refractivity contribution in [2.75, 3.05) is 4.72 Å². The quantitative estimate of drug-likeness (QED) is 0.269. The highest BCUT2D eigenvalue weighted by Crippen LogP contribution is 2.30. The van der Waals surface area contributed by atoms with Crippen LogP contribution in [0.3, 0.4) is 0 Å². The van der Waals surface area contributed by atoms with Crippen molar-refractivity contribution in [3.63, 3.8) is 0 Å². The molecule has 2 heterocycles. The van der Waals surface area contributed by atoms with Crippen molar-refractivity contribution in [1.29, 1.82) is 0 Å². The molecule has 0 spiro atoms. The lowest BCUT2D eigenvalue weighted by atomic mass is 10.1. The van der Waals surface area contributed by atoms with E-state index in [4.69, 9.17) is 0 Å². The summed E-state index contributed by atoms with van der Waals surface area (Å²) >= 11 is 1.47. The van der Waals surface area contributed by atoms with E-state index in [1.807, 2.05) is 52.2 Å². The second kappa shape index (κ2) is 12.9. The van der Waals surface area contributed by atoms with Crippen LogP contribution in [0.15, 0.2) is 49.8 Å². The van der Waals surface area contributed by atoms with Gasteiger partial charge in [0.15, 0.2) is 0 Å². The Labute approximate surface area is 200 Å². The third kappa shape index (κ3) is 6.74. The van der Waals surface area contributed by atoms with Crippen LogP contribution in [0.2, 0.25) is 0 Å². The molecule has 1 unspecified atom stereocenters. The summed E-state index contributed by atoms with van der Waals surface area (Å²) in [5, 5.41) is 8.83. The van der Waals surface area contributed by atoms with Crippen LogP contribution >= 0.6 is 11.9 Å². The second-order valence-corrected chi connectivity index (χ2v) is 8.68. The summed E-state index contributed by atoms with van der Waals surface area (Å²) in [4.78, 5) is 8.73. The number of aryl methyl sites for hydroxylation is 1. The number of hydrogen-bond donors (Lipinski definition) is 1. The summed E-state index contributed by atoms with van der Waals surface area (Å²) in [5.74, 6) is 1.54. The van der Waals surface area contributed by atoms with Gasteiger partial charge in [-0.05, 0) is 36.9 Å². The van der Waals surface area contributed by atoms with E-state index in [2.05, 4.69) is 45.0 Å². The SMILES string of the molecule is C=CC[C@H](C)c1nnc(NSC(C)Cc2ncc(C)cn2)n1-c1c(F)cccc1C=C.CC. The number of benzene rings is 1. The molecule has 0 aliphatic carbocycles. The van der Waals surface area contributed by atoms with Crippen molar-refractivity contribution >= 4 is 24.0 Å². The van der Waals surface area contributed by atoms with E-state index in [0.717, 1.165) is 11.4 Å². The molecular formula is C25H33FN6S. The minimum Gasteiger partial charge on any atom is -0.298 e. The zero-order chi connectivity index (χ0) is 24.4. The molecule has 0 saturated heterocycles. The Bertz CT molecular complexity index is 1050. The number of halogens is 1. The fraction of sp³-hybridized carbons (Fsp3) is 0.360. The molecule has 0 saturated carbocycles. The Balaban J connectivity index is 0.00000187. The van der Waals surface area contributed by atoms with Gasteiger partial charge in [0.25, 0.3) is 0 Å². The van der Waals surface area contributed by atoms with Gasteiger partial charge in [0.05, 0.1) is 5.69 Å². The average Bonchev–Trinajstić information content (AvgIpc) is 3.24. The summed E-state index contributed by atoms with van der Waals surface area (Å²) in [7, 11) is 0. The highest BCUT2D eigenvalue weighted by molar-refractivity contribution is 8.01. The highest BCUT2D eigenvalue weighted by Gasteiger charge is 2.23. The topological polar surface area (TPSA) is 68.5 Å². The van der Waals surface area contributed by atoms with Gasteiger partial charge in [-0.2, -0.15) is 0 Å². The summed E-state index contributed by atoms with van der Waals surface area (Å²) in [5.41, 5.74) is 2.08. The van der Waals surface area contributed by atoms with Gasteiger partial charge in [0.2, 0.25) is 5.95 Å². The lowest BCUT2D eigenvalue weighted by Gasteiger charge is -2.18. The minimum atomic E-state index is -0.363. The Morgan fingerprint density at radius 3 is 2.48 bits per heavy atom. The van der Waals surface area contributed by atoms with Crippen molar-refractivity contribution in [2.24, 2.45) is 0 Å². The largest absolute Gasteiger partial charge is 0.298 e. The van der Waals surface area contributed by atoms with Crippen LogP contribution in [0.25, 0.3) is 11.8 Å². The molecule has 2 atom stereocenters. The average molecular weight is 469 g/mol. The van der Waals surface area contributed by atoms with Gasteiger partial charge in [-0.15, -0.1) is 16.8 Å². The molecular weight excluding hydrogens is 435 g/mol. The fourth-order valence-electron chi connectivity index (χ4n) is 3.17. The smallest absolute Gasteiger partial charge is 0.239 e. The fourth-order valence-corrected chi connectivity index (χ4v) is 3.84. The van der Waals surface area contributed by atoms with Crippen molar-refractivity contribution in [1.82, 2.24) is 24.7 Å². The van der Waals surface area contributed by atoms with Crippen molar-refractivity contribution in [2.45, 2.75) is 58.6 Å². The standard InChI is InChI=1S/C23H27FN6S.C2H6/c1-6-9-16(4)22-27-28-23(30(22)21-18(7-2)10-8-11-19(21)24)29-31-17(5)12-20-25-13-15(3)14-26-20;1-2/h6-8,10-11,13-14,16-17H,1-2,9,12H2,3-5H3,(H,28,29);1-2H3/t16-,17?;/m0./s1. The summed E-state index contributed by atoms with van der Waals surface area (Å²) in [6.45, 7) is 17.7. The van der Waals surface area contributed by atoms with E-state index >= 15 is 0 Å². The highest BCUT2D eigenvalue weighted by atomic mass is 32.2. The molecule has 3 aromatic rings. The lowest BCUT2D eigenvalue weighted by Crippen LogP contribution is -2.13. The van der Waals surface area contributed by atoms with Crippen LogP contribution in [-0.4, -0.2) is 30.0 Å². The van der Waals surface area contributed by atoms with Crippen molar-refractivity contribution in [3.05, 3.63) is 78.4 Å². The molecule has 6 nitrogen and oxygen atoms in total. The van der Waals surface area contributed by atoms with Crippen LogP contribution in [0.4, 0.5) is 10.3 Å². The molecule has 0 radical (unpaired) electrons. The van der Waals surface area contributed by atoms with Crippen LogP contribution in [0.5, 0.6) is 0 Å². The maximum Gasteiger partial charge on any atom is 0.239 e. The van der Waals surface area contributed by atoms with Gasteiger partial charge in [-0.25, -0.2) is 14.4 Å². The third-order valence-corrected chi connectivity index (χ3v) is 5.64. The Morgan fingerprint density at radius 2 is 1.85 bits per heavy atom. The van der Waals surface area contributed by atoms with Crippen LogP contribution in [-0.2, 0) is 6.42 Å². The summed E-state index contributed by atoms with van der Waals surface area (Å²) < 4.78 is 19.9. The zero-order valence-electron chi connectivity index (χ0n) is 20.0. The monoisotopic (exact) mass is 468 g/mol. The van der Waals surface area contributed by atoms with Gasteiger partial charge in [-0.1, -0.05) is 58.6 Å². The van der Waals surface area contributed by atoms with E-state index < -0.39 is 0 Å². The number of allylic oxidation sites excluding steroid dienone is 1. The number of aromatic nitrogens is 5. The van der Waals surface area contributed by atoms with E-state index in [1.165, 1.54) is 18.0 Å². The lowest BCUT2D eigenvalue weighted by molar-refractivity contribution is 0.609. The molecule has 176 valence electrons. The van der Waals surface area contributed by atoms with Crippen LogP contribution in [0, 0.1) is 12.7 Å². The van der Waals surface area contributed by atoms with Gasteiger partial charge in [-0.3, -0.25) is 9.29 Å². The maximum atomic E-state index is 14.9. The van der Waals surface area contributed by atoms with Gasteiger partial charge < -0.3 is 0 Å². The molecule has 33 heavy (non-hydrogen) atoms. The van der Waals surface area contributed by atoms with Crippen LogP contribution in [0.1, 0.15) is 62.8 Å². The number of nitrogens with one attached hydrogen (secondary N) is 1. The van der Waals surface area contributed by atoms with Gasteiger partial charge in [0.1, 0.15) is 17.5 Å². The van der Waals surface area contributed by atoms with E-state index in [9.17, 15) is 4.39 Å². The molecule has 0 fully saturated rings. The Hall–Kier alpha value is -3.00. The minimum absolute atomic E-state index is 0.0150. The molecule has 0 aliphatic heterocycles. The molecule has 8 heteroatoms. The first-order chi connectivity index (χ1) is 15.9. The predicted molar refractivity (Wildman–Crippen MR) is 137 cm³/mol. The van der Waals surface area contributed by atoms with E-state index in [0.29, 0.717) is 35.9 Å². The van der Waals surface area contributed by atoms with E-state index in [1.54, 1.807) is 16.7 Å². The Kier molecular flexibility index (Phi) is 10.3. The first kappa shape index (κ1) is 26.3.